The van der Waals surface area contributed by atoms with Gasteiger partial charge in [-0.3, -0.25) is 4.90 Å². The number of benzene rings is 1. The predicted molar refractivity (Wildman–Crippen MR) is 76.1 cm³/mol. The Balaban J connectivity index is 1.72. The van der Waals surface area contributed by atoms with Gasteiger partial charge in [-0.05, 0) is 36.0 Å². The second kappa shape index (κ2) is 4.93. The van der Waals surface area contributed by atoms with Crippen LogP contribution in [0.2, 0.25) is 0 Å². The molecule has 1 aromatic carbocycles. The molecule has 0 amide bonds. The van der Waals surface area contributed by atoms with Crippen LogP contribution in [0.5, 0.6) is 0 Å². The second-order valence-electron chi connectivity index (χ2n) is 5.98. The van der Waals surface area contributed by atoms with E-state index in [9.17, 15) is 0 Å². The van der Waals surface area contributed by atoms with Gasteiger partial charge < -0.3 is 5.73 Å². The smallest absolute Gasteiger partial charge is 0.0363 e. The maximum atomic E-state index is 6.09. The highest BCUT2D eigenvalue weighted by atomic mass is 15.2. The third-order valence-corrected chi connectivity index (χ3v) is 4.89. The van der Waals surface area contributed by atoms with E-state index in [1.54, 1.807) is 0 Å². The van der Waals surface area contributed by atoms with Crippen LogP contribution in [0.25, 0.3) is 0 Å². The maximum absolute atomic E-state index is 6.09. The van der Waals surface area contributed by atoms with Crippen LogP contribution >= 0.6 is 0 Å². The first-order valence-electron chi connectivity index (χ1n) is 7.38. The van der Waals surface area contributed by atoms with Gasteiger partial charge in [0.1, 0.15) is 0 Å². The van der Waals surface area contributed by atoms with Crippen LogP contribution in [0.3, 0.4) is 0 Å². The number of rotatable bonds is 2. The molecule has 1 aliphatic carbocycles. The van der Waals surface area contributed by atoms with E-state index in [0.29, 0.717) is 0 Å². The summed E-state index contributed by atoms with van der Waals surface area (Å²) in [6.45, 7) is 4.52. The molecule has 0 saturated heterocycles. The zero-order valence-corrected chi connectivity index (χ0v) is 11.4. The normalized spacial score (nSPS) is 28.3. The summed E-state index contributed by atoms with van der Waals surface area (Å²) in [5.74, 6) is 0.949. The van der Waals surface area contributed by atoms with Crippen molar-refractivity contribution in [1.82, 2.24) is 4.90 Å². The van der Waals surface area contributed by atoms with Crippen molar-refractivity contribution < 1.29 is 0 Å². The van der Waals surface area contributed by atoms with Crippen molar-refractivity contribution in [1.29, 1.82) is 0 Å². The van der Waals surface area contributed by atoms with E-state index in [-0.39, 0.29) is 0 Å². The first-order valence-corrected chi connectivity index (χ1v) is 7.38. The standard InChI is InChI=1S/C16H24N2/c1-2-12-5-3-7-14(9-12)18-10-13-6-4-8-16(17)15(13)11-18/h4,6,8,12,14H,2-3,5,7,9-11,17H2,1H3. The SMILES string of the molecule is CCC1CCCC(N2Cc3cccc(N)c3C2)C1. The van der Waals surface area contributed by atoms with Crippen molar-refractivity contribution in [3.63, 3.8) is 0 Å². The van der Waals surface area contributed by atoms with Gasteiger partial charge in [-0.2, -0.15) is 0 Å². The van der Waals surface area contributed by atoms with E-state index in [1.807, 2.05) is 6.07 Å². The van der Waals surface area contributed by atoms with Crippen molar-refractivity contribution in [2.24, 2.45) is 5.92 Å². The first kappa shape index (κ1) is 12.0. The zero-order chi connectivity index (χ0) is 12.5. The highest BCUT2D eigenvalue weighted by Crippen LogP contribution is 2.35. The number of nitrogen functional groups attached to an aromatic ring is 1. The molecule has 18 heavy (non-hydrogen) atoms. The third kappa shape index (κ3) is 2.14. The Bertz CT molecular complexity index is 427. The van der Waals surface area contributed by atoms with Gasteiger partial charge in [0.25, 0.3) is 0 Å². The van der Waals surface area contributed by atoms with E-state index in [1.165, 1.54) is 43.2 Å². The highest BCUT2D eigenvalue weighted by Gasteiger charge is 2.30. The van der Waals surface area contributed by atoms with Gasteiger partial charge >= 0.3 is 0 Å². The molecule has 98 valence electrons. The summed E-state index contributed by atoms with van der Waals surface area (Å²) in [5, 5.41) is 0. The van der Waals surface area contributed by atoms with Gasteiger partial charge in [0.15, 0.2) is 0 Å². The Morgan fingerprint density at radius 3 is 2.94 bits per heavy atom. The fourth-order valence-electron chi connectivity index (χ4n) is 3.70. The van der Waals surface area contributed by atoms with E-state index in [2.05, 4.69) is 24.0 Å². The molecule has 2 aliphatic rings. The topological polar surface area (TPSA) is 29.3 Å². The molecule has 2 nitrogen and oxygen atoms in total. The summed E-state index contributed by atoms with van der Waals surface area (Å²) >= 11 is 0. The van der Waals surface area contributed by atoms with Gasteiger partial charge in [0.2, 0.25) is 0 Å². The van der Waals surface area contributed by atoms with Gasteiger partial charge in [0, 0.05) is 24.8 Å². The van der Waals surface area contributed by atoms with Crippen molar-refractivity contribution in [3.05, 3.63) is 29.3 Å². The minimum absolute atomic E-state index is 0.787. The van der Waals surface area contributed by atoms with E-state index in [4.69, 9.17) is 5.73 Å². The van der Waals surface area contributed by atoms with E-state index < -0.39 is 0 Å². The Morgan fingerprint density at radius 2 is 2.17 bits per heavy atom. The Labute approximate surface area is 110 Å². The average molecular weight is 244 g/mol. The number of anilines is 1. The molecule has 3 rings (SSSR count). The summed E-state index contributed by atoms with van der Waals surface area (Å²) in [7, 11) is 0. The molecule has 0 spiro atoms. The molecular formula is C16H24N2. The van der Waals surface area contributed by atoms with Crippen LogP contribution < -0.4 is 5.73 Å². The van der Waals surface area contributed by atoms with Gasteiger partial charge in [-0.1, -0.05) is 38.3 Å². The largest absolute Gasteiger partial charge is 0.398 e. The zero-order valence-electron chi connectivity index (χ0n) is 11.4. The lowest BCUT2D eigenvalue weighted by Gasteiger charge is -2.35. The molecule has 0 aromatic heterocycles. The summed E-state index contributed by atoms with van der Waals surface area (Å²) in [4.78, 5) is 2.66. The average Bonchev–Trinajstić information content (AvgIpc) is 2.84. The van der Waals surface area contributed by atoms with Crippen LogP contribution in [-0.4, -0.2) is 10.9 Å². The first-order chi connectivity index (χ1) is 8.78. The number of fused-ring (bicyclic) bond motifs is 1. The van der Waals surface area contributed by atoms with Gasteiger partial charge in [-0.25, -0.2) is 0 Å². The van der Waals surface area contributed by atoms with E-state index in [0.717, 1.165) is 30.7 Å². The molecule has 2 N–H and O–H groups in total. The molecule has 0 radical (unpaired) electrons. The van der Waals surface area contributed by atoms with Crippen LogP contribution in [0.4, 0.5) is 5.69 Å². The monoisotopic (exact) mass is 244 g/mol. The van der Waals surface area contributed by atoms with Gasteiger partial charge in [-0.15, -0.1) is 0 Å². The Kier molecular flexibility index (Phi) is 3.29. The lowest BCUT2D eigenvalue weighted by Crippen LogP contribution is -2.35. The quantitative estimate of drug-likeness (QED) is 0.806. The summed E-state index contributed by atoms with van der Waals surface area (Å²) in [5.41, 5.74) is 9.91. The molecule has 0 bridgehead atoms. The molecule has 2 heteroatoms. The van der Waals surface area contributed by atoms with Crippen molar-refractivity contribution in [2.45, 2.75) is 58.2 Å². The molecule has 1 aromatic rings. The van der Waals surface area contributed by atoms with Crippen LogP contribution in [0, 0.1) is 5.92 Å². The van der Waals surface area contributed by atoms with E-state index >= 15 is 0 Å². The minimum atomic E-state index is 0.787. The second-order valence-corrected chi connectivity index (χ2v) is 5.98. The number of nitrogens with zero attached hydrogens (tertiary/aromatic N) is 1. The molecule has 1 saturated carbocycles. The fraction of sp³-hybridized carbons (Fsp3) is 0.625. The number of hydrogen-bond acceptors (Lipinski definition) is 2. The van der Waals surface area contributed by atoms with Gasteiger partial charge in [0.05, 0.1) is 0 Å². The number of hydrogen-bond donors (Lipinski definition) is 1. The molecular weight excluding hydrogens is 220 g/mol. The summed E-state index contributed by atoms with van der Waals surface area (Å²) < 4.78 is 0. The van der Waals surface area contributed by atoms with Crippen LogP contribution in [-0.2, 0) is 13.1 Å². The molecule has 1 heterocycles. The Hall–Kier alpha value is -1.02. The third-order valence-electron chi connectivity index (χ3n) is 4.89. The maximum Gasteiger partial charge on any atom is 0.0363 e. The molecule has 2 unspecified atom stereocenters. The minimum Gasteiger partial charge on any atom is -0.398 e. The molecule has 1 fully saturated rings. The fourth-order valence-corrected chi connectivity index (χ4v) is 3.70. The highest BCUT2D eigenvalue weighted by molar-refractivity contribution is 5.52. The van der Waals surface area contributed by atoms with Crippen molar-refractivity contribution in [3.8, 4) is 0 Å². The Morgan fingerprint density at radius 1 is 1.28 bits per heavy atom. The number of nitrogens with two attached hydrogens (primary N) is 1. The summed E-state index contributed by atoms with van der Waals surface area (Å²) in [6, 6.07) is 7.16. The van der Waals surface area contributed by atoms with Crippen molar-refractivity contribution in [2.75, 3.05) is 5.73 Å². The lowest BCUT2D eigenvalue weighted by atomic mass is 9.83. The molecule has 1 aliphatic heterocycles. The van der Waals surface area contributed by atoms with Crippen LogP contribution in [0.1, 0.15) is 50.2 Å². The molecule has 2 atom stereocenters. The van der Waals surface area contributed by atoms with Crippen molar-refractivity contribution >= 4 is 5.69 Å². The lowest BCUT2D eigenvalue weighted by molar-refractivity contribution is 0.127. The predicted octanol–water partition coefficient (Wildman–Crippen LogP) is 3.55. The summed E-state index contributed by atoms with van der Waals surface area (Å²) in [6.07, 6.45) is 6.97. The van der Waals surface area contributed by atoms with Crippen LogP contribution in [0.15, 0.2) is 18.2 Å².